The summed E-state index contributed by atoms with van der Waals surface area (Å²) in [5.74, 6) is 0.0856. The van der Waals surface area contributed by atoms with Crippen LogP contribution in [-0.4, -0.2) is 56.2 Å². The van der Waals surface area contributed by atoms with Crippen LogP contribution in [-0.2, 0) is 29.3 Å². The molecule has 2 aromatic carbocycles. The maximum absolute atomic E-state index is 14.2. The molecule has 0 N–H and O–H groups in total. The molecule has 2 rings (SSSR count). The third-order valence-corrected chi connectivity index (χ3v) is 25.3. The number of hydrogen-bond acceptors (Lipinski definition) is 5. The summed E-state index contributed by atoms with van der Waals surface area (Å²) >= 11 is 0. The van der Waals surface area contributed by atoms with Gasteiger partial charge in [0.1, 0.15) is 0 Å². The van der Waals surface area contributed by atoms with Crippen LogP contribution in [0.25, 0.3) is 0 Å². The van der Waals surface area contributed by atoms with Gasteiger partial charge in [0, 0.05) is 11.1 Å². The number of benzene rings is 2. The molecule has 0 aliphatic heterocycles. The molecule has 0 bridgehead atoms. The van der Waals surface area contributed by atoms with E-state index in [1.807, 2.05) is 36.4 Å². The molecule has 0 radical (unpaired) electrons. The molecule has 0 saturated heterocycles. The van der Waals surface area contributed by atoms with E-state index in [2.05, 4.69) is 104 Å². The predicted octanol–water partition coefficient (Wildman–Crippen LogP) is 9.55. The fraction of sp³-hybridized carbons (Fsp3) is 0.581. The minimum absolute atomic E-state index is 0.0856. The minimum Gasteiger partial charge on any atom is -0.437 e. The molecule has 0 aliphatic carbocycles. The molecule has 0 aliphatic rings. The standard InChI is InChI=1S/C31H58O5Si6/c1-37(2,3)33-41(13,34-38(4,5)6)25-23-27-19-15-17-21-29(27)31(32)30-22-18-16-20-28(30)24-26-42(14,35-39(7,8)9)36-40(10,11)12/h15-22H,23-26H2,1-14H3. The van der Waals surface area contributed by atoms with Gasteiger partial charge in [-0.2, -0.15) is 0 Å². The molecule has 0 amide bonds. The molecule has 11 heteroatoms. The number of aryl methyl sites for hydroxylation is 2. The second-order valence-electron chi connectivity index (χ2n) is 15.8. The lowest BCUT2D eigenvalue weighted by atomic mass is 9.93. The molecule has 0 aromatic heterocycles. The van der Waals surface area contributed by atoms with E-state index in [-0.39, 0.29) is 5.78 Å². The van der Waals surface area contributed by atoms with Crippen LogP contribution in [0.15, 0.2) is 48.5 Å². The second kappa shape index (κ2) is 14.1. The van der Waals surface area contributed by atoms with Crippen LogP contribution in [0.2, 0.25) is 104 Å². The van der Waals surface area contributed by atoms with E-state index in [4.69, 9.17) is 16.5 Å². The van der Waals surface area contributed by atoms with E-state index in [0.29, 0.717) is 0 Å². The van der Waals surface area contributed by atoms with E-state index < -0.39 is 50.4 Å². The normalized spacial score (nSPS) is 13.9. The quantitative estimate of drug-likeness (QED) is 0.131. The molecule has 0 saturated carbocycles. The van der Waals surface area contributed by atoms with Crippen LogP contribution in [0.5, 0.6) is 0 Å². The summed E-state index contributed by atoms with van der Waals surface area (Å²) in [4.78, 5) is 14.2. The molecule has 0 spiro atoms. The molecule has 2 aromatic rings. The molecule has 42 heavy (non-hydrogen) atoms. The van der Waals surface area contributed by atoms with Gasteiger partial charge in [0.25, 0.3) is 0 Å². The Balaban J connectivity index is 2.36. The Bertz CT molecular complexity index is 1070. The molecule has 0 heterocycles. The van der Waals surface area contributed by atoms with Crippen molar-refractivity contribution in [1.29, 1.82) is 0 Å². The van der Waals surface area contributed by atoms with Gasteiger partial charge in [-0.25, -0.2) is 0 Å². The maximum atomic E-state index is 14.2. The topological polar surface area (TPSA) is 54.0 Å². The fourth-order valence-corrected chi connectivity index (χ4v) is 30.5. The third-order valence-electron chi connectivity index (χ3n) is 6.31. The highest BCUT2D eigenvalue weighted by Gasteiger charge is 2.41. The van der Waals surface area contributed by atoms with Gasteiger partial charge < -0.3 is 16.5 Å². The molecule has 5 nitrogen and oxygen atoms in total. The van der Waals surface area contributed by atoms with Crippen molar-refractivity contribution in [3.05, 3.63) is 70.8 Å². The summed E-state index contributed by atoms with van der Waals surface area (Å²) in [5.41, 5.74) is 3.69. The zero-order valence-corrected chi connectivity index (χ0v) is 35.0. The van der Waals surface area contributed by atoms with Crippen molar-refractivity contribution in [3.8, 4) is 0 Å². The number of rotatable bonds is 16. The molecule has 0 atom stereocenters. The Kier molecular flexibility index (Phi) is 12.6. The van der Waals surface area contributed by atoms with E-state index in [0.717, 1.165) is 47.2 Å². The van der Waals surface area contributed by atoms with Gasteiger partial charge in [0.2, 0.25) is 0 Å². The summed E-state index contributed by atoms with van der Waals surface area (Å²) in [5, 5.41) is 0. The largest absolute Gasteiger partial charge is 0.437 e. The van der Waals surface area contributed by atoms with Crippen LogP contribution < -0.4 is 0 Å². The Labute approximate surface area is 263 Å². The maximum Gasteiger partial charge on any atom is 0.314 e. The second-order valence-corrected chi connectivity index (χ2v) is 41.5. The number of hydrogen-bond donors (Lipinski definition) is 0. The minimum atomic E-state index is -2.43. The van der Waals surface area contributed by atoms with Crippen LogP contribution in [0.1, 0.15) is 27.0 Å². The molecule has 0 fully saturated rings. The van der Waals surface area contributed by atoms with Gasteiger partial charge in [-0.05, 0) is 128 Å². The van der Waals surface area contributed by atoms with Crippen molar-refractivity contribution in [1.82, 2.24) is 0 Å². The van der Waals surface area contributed by atoms with E-state index in [1.165, 1.54) is 0 Å². The summed E-state index contributed by atoms with van der Waals surface area (Å²) < 4.78 is 27.0. The van der Waals surface area contributed by atoms with E-state index in [9.17, 15) is 4.79 Å². The molecule has 0 unspecified atom stereocenters. The van der Waals surface area contributed by atoms with Gasteiger partial charge in [-0.15, -0.1) is 0 Å². The highest BCUT2D eigenvalue weighted by molar-refractivity contribution is 6.88. The Hall–Kier alpha value is -0.749. The van der Waals surface area contributed by atoms with E-state index >= 15 is 0 Å². The molecular weight excluding hydrogens is 621 g/mol. The van der Waals surface area contributed by atoms with Crippen molar-refractivity contribution in [2.75, 3.05) is 0 Å². The fourth-order valence-electron chi connectivity index (χ4n) is 5.62. The predicted molar refractivity (Wildman–Crippen MR) is 194 cm³/mol. The smallest absolute Gasteiger partial charge is 0.314 e. The lowest BCUT2D eigenvalue weighted by Gasteiger charge is -2.38. The summed E-state index contributed by atoms with van der Waals surface area (Å²) in [6.07, 6.45) is 1.53. The number of carbonyl (C=O) groups excluding carboxylic acids is 1. The molecule has 236 valence electrons. The van der Waals surface area contributed by atoms with Crippen LogP contribution in [0, 0.1) is 0 Å². The van der Waals surface area contributed by atoms with Gasteiger partial charge in [-0.1, -0.05) is 48.5 Å². The Morgan fingerprint density at radius 3 is 1.00 bits per heavy atom. The van der Waals surface area contributed by atoms with E-state index in [1.54, 1.807) is 0 Å². The highest BCUT2D eigenvalue weighted by atomic mass is 28.5. The van der Waals surface area contributed by atoms with Crippen LogP contribution in [0.3, 0.4) is 0 Å². The summed E-state index contributed by atoms with van der Waals surface area (Å²) in [7, 11) is -12.1. The molecular formula is C31H58O5Si6. The van der Waals surface area contributed by atoms with Crippen LogP contribution in [0.4, 0.5) is 0 Å². The van der Waals surface area contributed by atoms with Gasteiger partial charge >= 0.3 is 17.1 Å². The van der Waals surface area contributed by atoms with Crippen molar-refractivity contribution >= 4 is 56.2 Å². The lowest BCUT2D eigenvalue weighted by molar-refractivity contribution is 0.103. The van der Waals surface area contributed by atoms with Crippen molar-refractivity contribution < 1.29 is 21.3 Å². The zero-order valence-electron chi connectivity index (χ0n) is 29.0. The van der Waals surface area contributed by atoms with Crippen LogP contribution >= 0.6 is 0 Å². The van der Waals surface area contributed by atoms with Gasteiger partial charge in [-0.3, -0.25) is 4.79 Å². The Morgan fingerprint density at radius 1 is 0.476 bits per heavy atom. The van der Waals surface area contributed by atoms with Crippen molar-refractivity contribution in [3.63, 3.8) is 0 Å². The zero-order chi connectivity index (χ0) is 32.2. The van der Waals surface area contributed by atoms with Gasteiger partial charge in [0.15, 0.2) is 39.1 Å². The Morgan fingerprint density at radius 2 is 0.738 bits per heavy atom. The number of ketones is 1. The van der Waals surface area contributed by atoms with Crippen molar-refractivity contribution in [2.24, 2.45) is 0 Å². The summed E-state index contributed by atoms with van der Waals surface area (Å²) in [6.45, 7) is 31.2. The lowest BCUT2D eigenvalue weighted by Crippen LogP contribution is -2.52. The summed E-state index contributed by atoms with van der Waals surface area (Å²) in [6, 6.07) is 17.8. The van der Waals surface area contributed by atoms with Gasteiger partial charge in [0.05, 0.1) is 0 Å². The average Bonchev–Trinajstić information content (AvgIpc) is 2.76. The first-order valence-corrected chi connectivity index (χ1v) is 34.1. The number of carbonyl (C=O) groups is 1. The first kappa shape index (κ1) is 37.4. The SMILES string of the molecule is C[Si](C)(C)O[Si](C)(CCc1ccccc1C(=O)c1ccccc1CC[Si](C)(O[Si](C)(C)C)O[Si](C)(C)C)O[Si](C)(C)C. The first-order valence-electron chi connectivity index (χ1n) is 15.4. The monoisotopic (exact) mass is 678 g/mol. The highest BCUT2D eigenvalue weighted by Crippen LogP contribution is 2.30. The van der Waals surface area contributed by atoms with Crippen molar-refractivity contribution in [2.45, 2.75) is 117 Å². The third kappa shape index (κ3) is 13.5. The average molecular weight is 679 g/mol. The first-order chi connectivity index (χ1) is 18.9.